The summed E-state index contributed by atoms with van der Waals surface area (Å²) in [7, 11) is 16.6. The quantitative estimate of drug-likeness (QED) is 0.309. The van der Waals surface area contributed by atoms with Crippen LogP contribution in [0.15, 0.2) is 0 Å². The van der Waals surface area contributed by atoms with Crippen molar-refractivity contribution in [2.24, 2.45) is 0 Å². The zero-order valence-corrected chi connectivity index (χ0v) is 25.0. The first-order chi connectivity index (χ1) is 4.00. The van der Waals surface area contributed by atoms with E-state index in [0.29, 0.717) is 0 Å². The Balaban J connectivity index is -0.00000000167. The molecule has 14 heavy (non-hydrogen) atoms. The molecule has 14 heteroatoms. The van der Waals surface area contributed by atoms with Crippen molar-refractivity contribution >= 4 is 170 Å². The van der Waals surface area contributed by atoms with Gasteiger partial charge in [0.1, 0.15) is 0 Å². The minimum atomic E-state index is 0. The molecule has 0 aliphatic carbocycles. The predicted octanol–water partition coefficient (Wildman–Crippen LogP) is -1.47. The third-order valence-corrected chi connectivity index (χ3v) is 0. The smallest absolute Gasteiger partial charge is 2.00 e. The summed E-state index contributed by atoms with van der Waals surface area (Å²) < 4.78 is 0. The van der Waals surface area contributed by atoms with Crippen LogP contribution in [-0.4, -0.2) is 150 Å². The molecule has 0 aliphatic rings. The summed E-state index contributed by atoms with van der Waals surface area (Å²) in [6, 6.07) is 0. The summed E-state index contributed by atoms with van der Waals surface area (Å²) in [5, 5.41) is 0. The van der Waals surface area contributed by atoms with Crippen molar-refractivity contribution in [1.29, 1.82) is 0 Å². The van der Waals surface area contributed by atoms with E-state index >= 15 is 0 Å². The maximum absolute atomic E-state index is 4.15. The van der Waals surface area contributed by atoms with Crippen LogP contribution in [-0.2, 0) is 0 Å². The average molecular weight is 603 g/mol. The summed E-state index contributed by atoms with van der Waals surface area (Å²) in [5.41, 5.74) is 0. The first-order valence-corrected chi connectivity index (χ1v) is 14.7. The largest absolute Gasteiger partial charge is 2.00 e. The fraction of sp³-hybridized carbons (Fsp3) is 0. The summed E-state index contributed by atoms with van der Waals surface area (Å²) >= 11 is 5.08. The van der Waals surface area contributed by atoms with Gasteiger partial charge in [-0.2, -0.15) is 0 Å². The van der Waals surface area contributed by atoms with Gasteiger partial charge in [0, 0.05) is 0 Å². The molecule has 0 aromatic rings. The third kappa shape index (κ3) is 169. The van der Waals surface area contributed by atoms with E-state index in [1.165, 1.54) is 59.4 Å². The van der Waals surface area contributed by atoms with E-state index in [9.17, 15) is 0 Å². The van der Waals surface area contributed by atoms with Gasteiger partial charge in [0.2, 0.25) is 0 Å². The normalized spacial score (nSPS) is 1.14. The summed E-state index contributed by atoms with van der Waals surface area (Å²) in [6.45, 7) is 0. The molecule has 76 valence electrons. The second-order valence-corrected chi connectivity index (χ2v) is 0. The molecule has 4 nitrogen and oxygen atoms in total. The summed E-state index contributed by atoms with van der Waals surface area (Å²) in [4.78, 5) is 0. The van der Waals surface area contributed by atoms with Gasteiger partial charge in [-0.25, -0.2) is 0 Å². The zero-order chi connectivity index (χ0) is 8.00. The summed E-state index contributed by atoms with van der Waals surface area (Å²) in [5.74, 6) is 0. The van der Waals surface area contributed by atoms with Crippen LogP contribution in [0.5, 0.6) is 0 Å². The second-order valence-electron chi connectivity index (χ2n) is 0. The van der Waals surface area contributed by atoms with Crippen molar-refractivity contribution < 1.29 is 21.9 Å². The number of hydrogen-bond acceptors (Lipinski definition) is 8. The minimum absolute atomic E-state index is 0. The standard InChI is InChI=1S/4GeHS.Mg.4H2O.Sr/c4*1-2;;;;;;/h4*1H;;4*1H2;/q;;;;+2;;;;;+2/p-4. The van der Waals surface area contributed by atoms with Crippen molar-refractivity contribution in [1.82, 2.24) is 0 Å². The van der Waals surface area contributed by atoms with Crippen molar-refractivity contribution in [2.45, 2.75) is 0 Å². The molecule has 0 heterocycles. The molecule has 4 radical (unpaired) electrons. The molecule has 4 N–H and O–H groups in total. The van der Waals surface area contributed by atoms with Gasteiger partial charge in [-0.3, -0.25) is 0 Å². The van der Waals surface area contributed by atoms with E-state index in [0.717, 1.165) is 0 Å². The number of rotatable bonds is 0. The number of hydrogen-bond donors (Lipinski definition) is 0. The van der Waals surface area contributed by atoms with Crippen LogP contribution in [0.3, 0.4) is 0 Å². The third-order valence-electron chi connectivity index (χ3n) is 0. The molecular weight excluding hydrogens is 595 g/mol. The Morgan fingerprint density at radius 1 is 0.429 bits per heavy atom. The fourth-order valence-corrected chi connectivity index (χ4v) is 0. The van der Waals surface area contributed by atoms with Gasteiger partial charge < -0.3 is 21.9 Å². The van der Waals surface area contributed by atoms with Gasteiger partial charge in [0.25, 0.3) is 0 Å². The Labute approximate surface area is 187 Å². The first-order valence-electron chi connectivity index (χ1n) is 0.943. The van der Waals surface area contributed by atoms with Crippen LogP contribution in [0.4, 0.5) is 0 Å². The Kier molecular flexibility index (Phi) is 1090. The Morgan fingerprint density at radius 3 is 0.429 bits per heavy atom. The maximum atomic E-state index is 4.15. The van der Waals surface area contributed by atoms with Crippen molar-refractivity contribution in [2.75, 3.05) is 0 Å². The Bertz CT molecular complexity index is 37.3. The van der Waals surface area contributed by atoms with Crippen molar-refractivity contribution in [3.8, 4) is 0 Å². The van der Waals surface area contributed by atoms with Gasteiger partial charge in [-0.1, -0.05) is 0 Å². The molecule has 0 fully saturated rings. The molecule has 0 bridgehead atoms. The van der Waals surface area contributed by atoms with Gasteiger partial charge in [-0.05, 0) is 0 Å². The van der Waals surface area contributed by atoms with Crippen LogP contribution >= 0.6 is 41.8 Å². The van der Waals surface area contributed by atoms with Gasteiger partial charge in [0.05, 0.1) is 0 Å². The van der Waals surface area contributed by atoms with E-state index in [1.54, 1.807) is 0 Å². The van der Waals surface area contributed by atoms with Gasteiger partial charge in [-0.15, -0.1) is 0 Å². The van der Waals surface area contributed by atoms with Crippen LogP contribution in [0.2, 0.25) is 0 Å². The van der Waals surface area contributed by atoms with Gasteiger partial charge >= 0.3 is 170 Å². The molecule has 0 aromatic carbocycles. The molecule has 0 rings (SSSR count). The van der Waals surface area contributed by atoms with E-state index in [2.05, 4.69) is 41.8 Å². The molecule has 0 unspecified atom stereocenters. The fourth-order valence-electron chi connectivity index (χ4n) is 0. The Hall–Kier alpha value is 5.14. The maximum Gasteiger partial charge on any atom is 2.00 e. The predicted molar refractivity (Wildman–Crippen MR) is 78.2 cm³/mol. The topological polar surface area (TPSA) is 120 Å². The van der Waals surface area contributed by atoms with E-state index in [4.69, 9.17) is 0 Å². The van der Waals surface area contributed by atoms with Crippen LogP contribution < -0.4 is 0 Å². The van der Waals surface area contributed by atoms with E-state index in [1.807, 2.05) is 0 Å². The van der Waals surface area contributed by atoms with Crippen LogP contribution in [0, 0.1) is 0 Å². The molecule has 0 amide bonds. The van der Waals surface area contributed by atoms with Crippen LogP contribution in [0.1, 0.15) is 0 Å². The zero-order valence-electron chi connectivity index (χ0n) is 7.15. The second kappa shape index (κ2) is 202. The molecule has 0 atom stereocenters. The average Bonchev–Trinajstić information content (AvgIpc) is 2.03. The monoisotopic (exact) mass is 608 g/mol. The first kappa shape index (κ1) is 75.4. The Morgan fingerprint density at radius 2 is 0.429 bits per heavy atom. The molecule has 0 aromatic heterocycles. The van der Waals surface area contributed by atoms with Crippen molar-refractivity contribution in [3.63, 3.8) is 0 Å². The molecular formula is H8Ge4MgO4S4Sr. The van der Waals surface area contributed by atoms with Gasteiger partial charge in [0.15, 0.2) is 0 Å². The van der Waals surface area contributed by atoms with E-state index < -0.39 is 0 Å². The van der Waals surface area contributed by atoms with Crippen LogP contribution in [0.25, 0.3) is 0 Å². The molecule has 0 saturated heterocycles. The van der Waals surface area contributed by atoms with E-state index in [-0.39, 0.29) is 90.4 Å². The SMILES string of the molecule is [Mg+2].[OH-].[OH-].[OH-].[OH-].[S]=[GeH].[S]=[GeH].[S]=[GeH].[S]=[GeH].[Sr+2]. The van der Waals surface area contributed by atoms with Crippen molar-refractivity contribution in [3.05, 3.63) is 0 Å². The minimum Gasteiger partial charge on any atom is 2.00 e. The molecule has 0 aliphatic heterocycles. The molecule has 0 saturated carbocycles. The molecule has 0 spiro atoms. The summed E-state index contributed by atoms with van der Waals surface area (Å²) in [6.07, 6.45) is 0.